The van der Waals surface area contributed by atoms with E-state index in [0.29, 0.717) is 25.1 Å². The van der Waals surface area contributed by atoms with Gasteiger partial charge in [-0.2, -0.15) is 0 Å². The SMILES string of the molecule is CC(CS(C)=O)NC(=O)C1CCC(=O)NC1. The molecular formula is C10H18N2O3S. The second kappa shape index (κ2) is 5.98. The van der Waals surface area contributed by atoms with Crippen LogP contribution in [0.4, 0.5) is 0 Å². The molecule has 16 heavy (non-hydrogen) atoms. The second-order valence-electron chi connectivity index (χ2n) is 4.19. The lowest BCUT2D eigenvalue weighted by atomic mass is 9.98. The fraction of sp³-hybridized carbons (Fsp3) is 0.800. The second-order valence-corrected chi connectivity index (χ2v) is 5.67. The van der Waals surface area contributed by atoms with Crippen LogP contribution in [0, 0.1) is 5.92 Å². The molecule has 1 aliphatic rings. The molecule has 0 bridgehead atoms. The molecule has 1 heterocycles. The normalized spacial score (nSPS) is 24.4. The van der Waals surface area contributed by atoms with Gasteiger partial charge in [0.05, 0.1) is 5.92 Å². The van der Waals surface area contributed by atoms with Crippen molar-refractivity contribution in [3.05, 3.63) is 0 Å². The number of hydrogen-bond acceptors (Lipinski definition) is 3. The van der Waals surface area contributed by atoms with Crippen LogP contribution in [0.5, 0.6) is 0 Å². The summed E-state index contributed by atoms with van der Waals surface area (Å²) in [6.45, 7) is 2.24. The van der Waals surface area contributed by atoms with E-state index in [1.165, 1.54) is 0 Å². The standard InChI is InChI=1S/C10H18N2O3S/c1-7(6-16(2)15)12-10(14)8-3-4-9(13)11-5-8/h7-8H,3-6H2,1-2H3,(H,11,13)(H,12,14). The molecule has 0 aromatic heterocycles. The van der Waals surface area contributed by atoms with Crippen molar-refractivity contribution in [1.82, 2.24) is 10.6 Å². The Morgan fingerprint density at radius 2 is 2.38 bits per heavy atom. The zero-order valence-corrected chi connectivity index (χ0v) is 10.4. The average molecular weight is 246 g/mol. The Hall–Kier alpha value is -0.910. The molecule has 92 valence electrons. The lowest BCUT2D eigenvalue weighted by Crippen LogP contribution is -2.46. The summed E-state index contributed by atoms with van der Waals surface area (Å²) in [6.07, 6.45) is 2.62. The molecule has 1 saturated heterocycles. The van der Waals surface area contributed by atoms with Crippen LogP contribution in [-0.2, 0) is 20.4 Å². The molecule has 6 heteroatoms. The number of nitrogens with one attached hydrogen (secondary N) is 2. The van der Waals surface area contributed by atoms with Crippen LogP contribution >= 0.6 is 0 Å². The van der Waals surface area contributed by atoms with E-state index in [2.05, 4.69) is 10.6 Å². The van der Waals surface area contributed by atoms with Gasteiger partial charge in [-0.05, 0) is 13.3 Å². The third-order valence-electron chi connectivity index (χ3n) is 2.51. The molecule has 0 aromatic carbocycles. The predicted molar refractivity (Wildman–Crippen MR) is 62.3 cm³/mol. The summed E-state index contributed by atoms with van der Waals surface area (Å²) < 4.78 is 11.0. The Morgan fingerprint density at radius 3 is 2.88 bits per heavy atom. The van der Waals surface area contributed by atoms with Crippen molar-refractivity contribution in [3.63, 3.8) is 0 Å². The third kappa shape index (κ3) is 4.30. The smallest absolute Gasteiger partial charge is 0.225 e. The molecule has 3 unspecified atom stereocenters. The van der Waals surface area contributed by atoms with Crippen molar-refractivity contribution in [2.75, 3.05) is 18.6 Å². The minimum Gasteiger partial charge on any atom is -0.355 e. The number of hydrogen-bond donors (Lipinski definition) is 2. The highest BCUT2D eigenvalue weighted by atomic mass is 32.2. The summed E-state index contributed by atoms with van der Waals surface area (Å²) in [5, 5.41) is 5.48. The molecule has 2 N–H and O–H groups in total. The molecule has 0 saturated carbocycles. The summed E-state index contributed by atoms with van der Waals surface area (Å²) >= 11 is 0. The van der Waals surface area contributed by atoms with Gasteiger partial charge in [-0.3, -0.25) is 13.8 Å². The van der Waals surface area contributed by atoms with Crippen LogP contribution < -0.4 is 10.6 Å². The van der Waals surface area contributed by atoms with Gasteiger partial charge in [0.2, 0.25) is 11.8 Å². The molecule has 1 aliphatic heterocycles. The Kier molecular flexibility index (Phi) is 4.92. The minimum atomic E-state index is -0.907. The maximum Gasteiger partial charge on any atom is 0.225 e. The summed E-state index contributed by atoms with van der Waals surface area (Å²) in [6, 6.07) is -0.0871. The zero-order valence-electron chi connectivity index (χ0n) is 9.62. The predicted octanol–water partition coefficient (Wildman–Crippen LogP) is -0.604. The highest BCUT2D eigenvalue weighted by Gasteiger charge is 2.25. The first-order valence-electron chi connectivity index (χ1n) is 5.36. The van der Waals surface area contributed by atoms with Crippen LogP contribution in [0.3, 0.4) is 0 Å². The van der Waals surface area contributed by atoms with Crippen LogP contribution in [0.1, 0.15) is 19.8 Å². The number of amides is 2. The van der Waals surface area contributed by atoms with E-state index in [9.17, 15) is 13.8 Å². The fourth-order valence-corrected chi connectivity index (χ4v) is 2.50. The molecular weight excluding hydrogens is 228 g/mol. The first kappa shape index (κ1) is 13.2. The van der Waals surface area contributed by atoms with E-state index in [1.807, 2.05) is 6.92 Å². The first-order chi connectivity index (χ1) is 7.49. The largest absolute Gasteiger partial charge is 0.355 e. The lowest BCUT2D eigenvalue weighted by Gasteiger charge is -2.23. The van der Waals surface area contributed by atoms with Crippen molar-refractivity contribution in [2.24, 2.45) is 5.92 Å². The highest BCUT2D eigenvalue weighted by molar-refractivity contribution is 7.84. The molecule has 3 atom stereocenters. The van der Waals surface area contributed by atoms with Gasteiger partial charge in [0.1, 0.15) is 0 Å². The van der Waals surface area contributed by atoms with Gasteiger partial charge in [0, 0.05) is 41.8 Å². The first-order valence-corrected chi connectivity index (χ1v) is 7.09. The van der Waals surface area contributed by atoms with Crippen molar-refractivity contribution in [3.8, 4) is 0 Å². The molecule has 0 spiro atoms. The maximum absolute atomic E-state index is 11.7. The van der Waals surface area contributed by atoms with Gasteiger partial charge in [0.25, 0.3) is 0 Å². The van der Waals surface area contributed by atoms with Crippen molar-refractivity contribution < 1.29 is 13.8 Å². The molecule has 2 amide bonds. The Morgan fingerprint density at radius 1 is 1.69 bits per heavy atom. The molecule has 5 nitrogen and oxygen atoms in total. The maximum atomic E-state index is 11.7. The van der Waals surface area contributed by atoms with E-state index in [-0.39, 0.29) is 23.8 Å². The fourth-order valence-electron chi connectivity index (χ4n) is 1.71. The Balaban J connectivity index is 2.34. The van der Waals surface area contributed by atoms with Crippen LogP contribution in [0.15, 0.2) is 0 Å². The summed E-state index contributed by atoms with van der Waals surface area (Å²) in [5.41, 5.74) is 0. The van der Waals surface area contributed by atoms with Gasteiger partial charge < -0.3 is 10.6 Å². The summed E-state index contributed by atoms with van der Waals surface area (Å²) in [5.74, 6) is 0.264. The summed E-state index contributed by atoms with van der Waals surface area (Å²) in [7, 11) is -0.907. The van der Waals surface area contributed by atoms with E-state index >= 15 is 0 Å². The molecule has 0 radical (unpaired) electrons. The van der Waals surface area contributed by atoms with E-state index in [0.717, 1.165) is 0 Å². The van der Waals surface area contributed by atoms with Gasteiger partial charge in [-0.15, -0.1) is 0 Å². The van der Waals surface area contributed by atoms with Gasteiger partial charge >= 0.3 is 0 Å². The number of carbonyl (C=O) groups excluding carboxylic acids is 2. The molecule has 1 fully saturated rings. The average Bonchev–Trinajstić information content (AvgIpc) is 2.16. The number of rotatable bonds is 4. The topological polar surface area (TPSA) is 75.3 Å². The van der Waals surface area contributed by atoms with E-state index in [1.54, 1.807) is 6.26 Å². The monoisotopic (exact) mass is 246 g/mol. The van der Waals surface area contributed by atoms with E-state index in [4.69, 9.17) is 0 Å². The summed E-state index contributed by atoms with van der Waals surface area (Å²) in [4.78, 5) is 22.7. The quantitative estimate of drug-likeness (QED) is 0.695. The van der Waals surface area contributed by atoms with E-state index < -0.39 is 10.8 Å². The van der Waals surface area contributed by atoms with Crippen LogP contribution in [-0.4, -0.2) is 40.6 Å². The van der Waals surface area contributed by atoms with Crippen LogP contribution in [0.2, 0.25) is 0 Å². The minimum absolute atomic E-state index is 0.00626. The van der Waals surface area contributed by atoms with Crippen molar-refractivity contribution in [1.29, 1.82) is 0 Å². The van der Waals surface area contributed by atoms with Crippen molar-refractivity contribution >= 4 is 22.6 Å². The van der Waals surface area contributed by atoms with Crippen LogP contribution in [0.25, 0.3) is 0 Å². The number of carbonyl (C=O) groups is 2. The molecule has 1 rings (SSSR count). The van der Waals surface area contributed by atoms with Gasteiger partial charge in [0.15, 0.2) is 0 Å². The Bertz CT molecular complexity index is 296. The Labute approximate surface area is 97.8 Å². The highest BCUT2D eigenvalue weighted by Crippen LogP contribution is 2.10. The third-order valence-corrected chi connectivity index (χ3v) is 3.48. The van der Waals surface area contributed by atoms with Gasteiger partial charge in [-0.25, -0.2) is 0 Å². The zero-order chi connectivity index (χ0) is 12.1. The lowest BCUT2D eigenvalue weighted by molar-refractivity contribution is -0.129. The van der Waals surface area contributed by atoms with Crippen molar-refractivity contribution in [2.45, 2.75) is 25.8 Å². The molecule has 0 aliphatic carbocycles. The molecule has 0 aromatic rings. The van der Waals surface area contributed by atoms with Gasteiger partial charge in [-0.1, -0.05) is 0 Å². The number of piperidine rings is 1.